The van der Waals surface area contributed by atoms with Crippen molar-refractivity contribution in [1.82, 2.24) is 15.2 Å². The third-order valence-electron chi connectivity index (χ3n) is 2.36. The van der Waals surface area contributed by atoms with Gasteiger partial charge in [-0.15, -0.1) is 11.3 Å². The van der Waals surface area contributed by atoms with Gasteiger partial charge in [0.25, 0.3) is 0 Å². The van der Waals surface area contributed by atoms with Gasteiger partial charge in [-0.3, -0.25) is 5.10 Å². The van der Waals surface area contributed by atoms with Crippen molar-refractivity contribution >= 4 is 33.9 Å². The molecule has 1 N–H and O–H groups in total. The summed E-state index contributed by atoms with van der Waals surface area (Å²) in [5, 5.41) is 9.28. The monoisotopic (exact) mass is 353 g/mol. The third kappa shape index (κ3) is 2.25. The second-order valence-corrected chi connectivity index (χ2v) is 6.32. The summed E-state index contributed by atoms with van der Waals surface area (Å²) in [6.07, 6.45) is 0. The molecule has 0 fully saturated rings. The second-order valence-electron chi connectivity index (χ2n) is 3.51. The number of hydrogen-bond acceptors (Lipinski definition) is 3. The summed E-state index contributed by atoms with van der Waals surface area (Å²) in [4.78, 5) is 4.50. The lowest BCUT2D eigenvalue weighted by molar-refractivity contribution is 1.10. The maximum absolute atomic E-state index is 4.50. The van der Waals surface area contributed by atoms with E-state index in [4.69, 9.17) is 0 Å². The van der Waals surface area contributed by atoms with Crippen LogP contribution >= 0.6 is 33.9 Å². The molecule has 0 unspecified atom stereocenters. The minimum Gasteiger partial charge on any atom is -0.259 e. The summed E-state index contributed by atoms with van der Waals surface area (Å²) in [5.41, 5.74) is 2.12. The zero-order chi connectivity index (χ0) is 11.7. The van der Waals surface area contributed by atoms with Crippen LogP contribution in [-0.4, -0.2) is 15.2 Å². The van der Waals surface area contributed by atoms with E-state index in [0.29, 0.717) is 0 Å². The van der Waals surface area contributed by atoms with Crippen LogP contribution in [0.1, 0.15) is 0 Å². The number of rotatable bonds is 2. The maximum atomic E-state index is 4.50. The van der Waals surface area contributed by atoms with E-state index in [2.05, 4.69) is 49.2 Å². The summed E-state index contributed by atoms with van der Waals surface area (Å²) in [6, 6.07) is 12.1. The molecule has 0 bridgehead atoms. The zero-order valence-corrected chi connectivity index (χ0v) is 11.7. The summed E-state index contributed by atoms with van der Waals surface area (Å²) >= 11 is 4.00. The molecule has 17 heavy (non-hydrogen) atoms. The lowest BCUT2D eigenvalue weighted by Crippen LogP contribution is -1.79. The Bertz CT molecular complexity index is 630. The van der Waals surface area contributed by atoms with Crippen LogP contribution in [0.25, 0.3) is 22.8 Å². The van der Waals surface area contributed by atoms with Crippen molar-refractivity contribution in [2.45, 2.75) is 0 Å². The van der Waals surface area contributed by atoms with Crippen molar-refractivity contribution < 1.29 is 0 Å². The highest BCUT2D eigenvalue weighted by Gasteiger charge is 2.08. The Balaban J connectivity index is 1.99. The van der Waals surface area contributed by atoms with Gasteiger partial charge in [0, 0.05) is 16.5 Å². The van der Waals surface area contributed by atoms with E-state index in [9.17, 15) is 0 Å². The van der Waals surface area contributed by atoms with Gasteiger partial charge >= 0.3 is 0 Å². The first-order chi connectivity index (χ1) is 8.33. The van der Waals surface area contributed by atoms with E-state index >= 15 is 0 Å². The van der Waals surface area contributed by atoms with E-state index in [1.165, 1.54) is 2.88 Å². The Labute approximate surface area is 116 Å². The minimum absolute atomic E-state index is 0.753. The molecule has 0 saturated heterocycles. The Morgan fingerprint density at radius 1 is 1.12 bits per heavy atom. The fourth-order valence-electron chi connectivity index (χ4n) is 1.54. The quantitative estimate of drug-likeness (QED) is 0.712. The van der Waals surface area contributed by atoms with Gasteiger partial charge in [-0.2, -0.15) is 5.10 Å². The smallest absolute Gasteiger partial charge is 0.182 e. The summed E-state index contributed by atoms with van der Waals surface area (Å²) in [5.74, 6) is 1.56. The average Bonchev–Trinajstić information content (AvgIpc) is 2.98. The molecule has 84 valence electrons. The van der Waals surface area contributed by atoms with Gasteiger partial charge in [0.05, 0.1) is 2.88 Å². The average molecular weight is 353 g/mol. The Hall–Kier alpha value is -1.21. The Kier molecular flexibility index (Phi) is 2.94. The topological polar surface area (TPSA) is 41.6 Å². The fourth-order valence-corrected chi connectivity index (χ4v) is 2.87. The van der Waals surface area contributed by atoms with Crippen LogP contribution in [0.5, 0.6) is 0 Å². The first-order valence-electron chi connectivity index (χ1n) is 5.05. The molecule has 0 radical (unpaired) electrons. The standard InChI is InChI=1S/C12H8IN3S/c13-10-6-9(7-17-10)12-14-11(15-16-12)8-4-2-1-3-5-8/h1-7H,(H,14,15,16). The second kappa shape index (κ2) is 4.58. The van der Waals surface area contributed by atoms with Crippen LogP contribution in [0.4, 0.5) is 0 Å². The molecule has 3 aromatic rings. The Morgan fingerprint density at radius 3 is 2.65 bits per heavy atom. The van der Waals surface area contributed by atoms with E-state index in [1.807, 2.05) is 30.3 Å². The highest BCUT2D eigenvalue weighted by molar-refractivity contribution is 14.1. The van der Waals surface area contributed by atoms with Crippen LogP contribution in [0, 0.1) is 2.88 Å². The fraction of sp³-hybridized carbons (Fsp3) is 0. The van der Waals surface area contributed by atoms with Gasteiger partial charge in [-0.25, -0.2) is 4.98 Å². The lowest BCUT2D eigenvalue weighted by Gasteiger charge is -1.92. The van der Waals surface area contributed by atoms with Gasteiger partial charge in [0.15, 0.2) is 11.6 Å². The van der Waals surface area contributed by atoms with Crippen LogP contribution in [0.15, 0.2) is 41.8 Å². The normalized spacial score (nSPS) is 10.6. The van der Waals surface area contributed by atoms with Gasteiger partial charge in [0.2, 0.25) is 0 Å². The van der Waals surface area contributed by atoms with Crippen LogP contribution < -0.4 is 0 Å². The predicted octanol–water partition coefficient (Wildman–Crippen LogP) is 3.80. The largest absolute Gasteiger partial charge is 0.259 e. The number of aromatic amines is 1. The highest BCUT2D eigenvalue weighted by atomic mass is 127. The first kappa shape index (κ1) is 10.9. The van der Waals surface area contributed by atoms with Gasteiger partial charge in [-0.1, -0.05) is 30.3 Å². The zero-order valence-electron chi connectivity index (χ0n) is 8.72. The summed E-state index contributed by atoms with van der Waals surface area (Å²) in [7, 11) is 0. The van der Waals surface area contributed by atoms with Crippen LogP contribution in [0.2, 0.25) is 0 Å². The molecule has 0 saturated carbocycles. The van der Waals surface area contributed by atoms with Crippen LogP contribution in [0.3, 0.4) is 0 Å². The molecule has 0 aliphatic heterocycles. The highest BCUT2D eigenvalue weighted by Crippen LogP contribution is 2.25. The summed E-state index contributed by atoms with van der Waals surface area (Å²) < 4.78 is 1.24. The van der Waals surface area contributed by atoms with Crippen molar-refractivity contribution in [3.05, 3.63) is 44.7 Å². The molecular formula is C12H8IN3S. The van der Waals surface area contributed by atoms with Crippen molar-refractivity contribution in [2.24, 2.45) is 0 Å². The molecule has 0 amide bonds. The van der Waals surface area contributed by atoms with Crippen molar-refractivity contribution in [3.8, 4) is 22.8 Å². The summed E-state index contributed by atoms with van der Waals surface area (Å²) in [6.45, 7) is 0. The maximum Gasteiger partial charge on any atom is 0.182 e. The molecule has 3 rings (SSSR count). The van der Waals surface area contributed by atoms with Crippen molar-refractivity contribution in [1.29, 1.82) is 0 Å². The van der Waals surface area contributed by atoms with E-state index < -0.39 is 0 Å². The third-order valence-corrected chi connectivity index (χ3v) is 4.15. The molecule has 3 nitrogen and oxygen atoms in total. The number of thiophene rings is 1. The molecule has 1 aromatic carbocycles. The molecule has 2 heterocycles. The SMILES string of the molecule is Ic1cc(-c2n[nH]c(-c3ccccc3)n2)cs1. The number of benzene rings is 1. The first-order valence-corrected chi connectivity index (χ1v) is 7.01. The Morgan fingerprint density at radius 2 is 1.94 bits per heavy atom. The molecule has 0 aliphatic rings. The van der Waals surface area contributed by atoms with E-state index in [-0.39, 0.29) is 0 Å². The number of halogens is 1. The van der Waals surface area contributed by atoms with E-state index in [1.54, 1.807) is 11.3 Å². The predicted molar refractivity (Wildman–Crippen MR) is 77.8 cm³/mol. The molecule has 0 aliphatic carbocycles. The number of H-pyrrole nitrogens is 1. The molecular weight excluding hydrogens is 345 g/mol. The van der Waals surface area contributed by atoms with E-state index in [0.717, 1.165) is 22.8 Å². The van der Waals surface area contributed by atoms with Gasteiger partial charge in [-0.05, 0) is 28.7 Å². The molecule has 5 heteroatoms. The number of aromatic nitrogens is 3. The number of hydrogen-bond donors (Lipinski definition) is 1. The van der Waals surface area contributed by atoms with Crippen molar-refractivity contribution in [3.63, 3.8) is 0 Å². The minimum atomic E-state index is 0.753. The van der Waals surface area contributed by atoms with Crippen molar-refractivity contribution in [2.75, 3.05) is 0 Å². The molecule has 0 atom stereocenters. The molecule has 2 aromatic heterocycles. The van der Waals surface area contributed by atoms with Crippen LogP contribution in [-0.2, 0) is 0 Å². The van der Waals surface area contributed by atoms with Gasteiger partial charge in [0.1, 0.15) is 0 Å². The van der Waals surface area contributed by atoms with Gasteiger partial charge < -0.3 is 0 Å². The molecule has 0 spiro atoms. The number of nitrogens with zero attached hydrogens (tertiary/aromatic N) is 2. The number of nitrogens with one attached hydrogen (secondary N) is 1. The lowest BCUT2D eigenvalue weighted by atomic mass is 10.2.